The number of nitrogens with zero attached hydrogens (tertiary/aromatic N) is 1. The quantitative estimate of drug-likeness (QED) is 0.292. The van der Waals surface area contributed by atoms with Gasteiger partial charge in [-0.1, -0.05) is 6.07 Å². The second kappa shape index (κ2) is 8.85. The number of hydrogen-bond donors (Lipinski definition) is 0. The van der Waals surface area contributed by atoms with E-state index in [9.17, 15) is 19.7 Å². The van der Waals surface area contributed by atoms with Gasteiger partial charge < -0.3 is 14.2 Å². The minimum Gasteiger partial charge on any atom is -0.493 e. The first-order valence-electron chi connectivity index (χ1n) is 7.36. The molecule has 0 heterocycles. The summed E-state index contributed by atoms with van der Waals surface area (Å²) in [6.45, 7) is 2.32. The lowest BCUT2D eigenvalue weighted by Gasteiger charge is -2.22. The third-order valence-corrected chi connectivity index (χ3v) is 3.56. The third kappa shape index (κ3) is 4.68. The molecule has 1 rings (SSSR count). The minimum atomic E-state index is -1.26. The predicted molar refractivity (Wildman–Crippen MR) is 85.0 cm³/mol. The number of rotatable bonds is 9. The number of Topliss-reactive ketones (excluding diaryl/α,β-unsaturated/α-hetero) is 1. The molecule has 0 N–H and O–H groups in total. The van der Waals surface area contributed by atoms with Gasteiger partial charge in [0.2, 0.25) is 6.54 Å². The number of ether oxygens (including phenoxy) is 3. The van der Waals surface area contributed by atoms with Crippen LogP contribution in [-0.4, -0.2) is 44.0 Å². The molecule has 0 aliphatic carbocycles. The van der Waals surface area contributed by atoms with E-state index in [1.807, 2.05) is 0 Å². The molecule has 1 aromatic carbocycles. The van der Waals surface area contributed by atoms with Gasteiger partial charge in [-0.15, -0.1) is 0 Å². The van der Waals surface area contributed by atoms with Gasteiger partial charge in [0.1, 0.15) is 11.7 Å². The van der Waals surface area contributed by atoms with Crippen LogP contribution in [0.3, 0.4) is 0 Å². The summed E-state index contributed by atoms with van der Waals surface area (Å²) >= 11 is 0. The van der Waals surface area contributed by atoms with Crippen LogP contribution in [0.25, 0.3) is 0 Å². The fraction of sp³-hybridized carbons (Fsp3) is 0.500. The maximum atomic E-state index is 12.1. The molecule has 132 valence electrons. The molecular weight excluding hydrogens is 318 g/mol. The highest BCUT2D eigenvalue weighted by molar-refractivity contribution is 5.98. The Kier molecular flexibility index (Phi) is 7.16. The molecule has 0 aliphatic heterocycles. The van der Waals surface area contributed by atoms with Crippen molar-refractivity contribution in [1.29, 1.82) is 0 Å². The van der Waals surface area contributed by atoms with E-state index < -0.39 is 35.1 Å². The van der Waals surface area contributed by atoms with Gasteiger partial charge in [0.05, 0.1) is 26.7 Å². The van der Waals surface area contributed by atoms with Gasteiger partial charge in [-0.05, 0) is 31.5 Å². The Morgan fingerprint density at radius 2 is 1.83 bits per heavy atom. The summed E-state index contributed by atoms with van der Waals surface area (Å²) in [6.07, 6.45) is 0. The van der Waals surface area contributed by atoms with Crippen molar-refractivity contribution in [3.63, 3.8) is 0 Å². The molecular formula is C16H21NO7. The average Bonchev–Trinajstić information content (AvgIpc) is 2.53. The lowest BCUT2D eigenvalue weighted by molar-refractivity contribution is -0.484. The second-order valence-electron chi connectivity index (χ2n) is 5.08. The van der Waals surface area contributed by atoms with Crippen LogP contribution in [0.1, 0.15) is 25.3 Å². The Morgan fingerprint density at radius 1 is 1.21 bits per heavy atom. The van der Waals surface area contributed by atoms with E-state index in [0.29, 0.717) is 17.1 Å². The van der Waals surface area contributed by atoms with Crippen LogP contribution in [0, 0.1) is 16.0 Å². The largest absolute Gasteiger partial charge is 0.493 e. The van der Waals surface area contributed by atoms with Crippen molar-refractivity contribution in [2.75, 3.05) is 27.4 Å². The van der Waals surface area contributed by atoms with Crippen molar-refractivity contribution >= 4 is 11.8 Å². The highest BCUT2D eigenvalue weighted by atomic mass is 16.6. The molecule has 0 amide bonds. The van der Waals surface area contributed by atoms with Gasteiger partial charge in [0.25, 0.3) is 0 Å². The molecule has 0 fully saturated rings. The monoisotopic (exact) mass is 339 g/mol. The van der Waals surface area contributed by atoms with E-state index in [4.69, 9.17) is 14.2 Å². The zero-order chi connectivity index (χ0) is 18.3. The van der Waals surface area contributed by atoms with E-state index in [1.165, 1.54) is 27.2 Å². The number of carbonyl (C=O) groups is 2. The van der Waals surface area contributed by atoms with Crippen molar-refractivity contribution in [3.05, 3.63) is 33.9 Å². The van der Waals surface area contributed by atoms with Crippen LogP contribution in [0.2, 0.25) is 0 Å². The van der Waals surface area contributed by atoms with Crippen molar-refractivity contribution in [2.45, 2.75) is 19.8 Å². The first kappa shape index (κ1) is 19.4. The van der Waals surface area contributed by atoms with Crippen LogP contribution in [-0.2, 0) is 14.3 Å². The Morgan fingerprint density at radius 3 is 2.29 bits per heavy atom. The molecule has 2 atom stereocenters. The maximum Gasteiger partial charge on any atom is 0.317 e. The van der Waals surface area contributed by atoms with Crippen molar-refractivity contribution in [3.8, 4) is 11.5 Å². The maximum absolute atomic E-state index is 12.1. The first-order valence-corrected chi connectivity index (χ1v) is 7.36. The predicted octanol–water partition coefficient (Wildman–Crippen LogP) is 1.83. The Labute approximate surface area is 139 Å². The van der Waals surface area contributed by atoms with Gasteiger partial charge in [-0.2, -0.15) is 0 Å². The molecule has 0 aromatic heterocycles. The zero-order valence-corrected chi connectivity index (χ0v) is 14.1. The Bertz CT molecular complexity index is 614. The lowest BCUT2D eigenvalue weighted by atomic mass is 9.83. The van der Waals surface area contributed by atoms with Crippen LogP contribution in [0.5, 0.6) is 11.5 Å². The van der Waals surface area contributed by atoms with Crippen molar-refractivity contribution in [2.24, 2.45) is 5.92 Å². The highest BCUT2D eigenvalue weighted by Crippen LogP contribution is 2.34. The van der Waals surface area contributed by atoms with Crippen molar-refractivity contribution < 1.29 is 28.7 Å². The fourth-order valence-electron chi connectivity index (χ4n) is 2.49. The summed E-state index contributed by atoms with van der Waals surface area (Å²) in [6, 6.07) is 4.68. The van der Waals surface area contributed by atoms with E-state index in [-0.39, 0.29) is 6.61 Å². The van der Waals surface area contributed by atoms with Gasteiger partial charge >= 0.3 is 5.97 Å². The summed E-state index contributed by atoms with van der Waals surface area (Å²) in [5, 5.41) is 11.1. The van der Waals surface area contributed by atoms with E-state index in [0.717, 1.165) is 0 Å². The van der Waals surface area contributed by atoms with Crippen LogP contribution < -0.4 is 9.47 Å². The number of ketones is 1. The van der Waals surface area contributed by atoms with Gasteiger partial charge in [0.15, 0.2) is 11.5 Å². The molecule has 1 aromatic rings. The first-order chi connectivity index (χ1) is 11.3. The SMILES string of the molecule is CCOC(=O)C(C(C)=O)C(C[N+](=O)[O-])c1ccc(OC)c(OC)c1. The number of esters is 1. The third-order valence-electron chi connectivity index (χ3n) is 3.56. The molecule has 2 unspecified atom stereocenters. The number of carbonyl (C=O) groups excluding carboxylic acids is 2. The van der Waals surface area contributed by atoms with E-state index >= 15 is 0 Å². The smallest absolute Gasteiger partial charge is 0.317 e. The summed E-state index contributed by atoms with van der Waals surface area (Å²) < 4.78 is 15.2. The topological polar surface area (TPSA) is 105 Å². The van der Waals surface area contributed by atoms with Crippen LogP contribution in [0.15, 0.2) is 18.2 Å². The average molecular weight is 339 g/mol. The molecule has 0 bridgehead atoms. The van der Waals surface area contributed by atoms with Gasteiger partial charge in [0, 0.05) is 4.92 Å². The highest BCUT2D eigenvalue weighted by Gasteiger charge is 2.38. The van der Waals surface area contributed by atoms with E-state index in [2.05, 4.69) is 0 Å². The van der Waals surface area contributed by atoms with Crippen LogP contribution in [0.4, 0.5) is 0 Å². The molecule has 0 radical (unpaired) electrons. The van der Waals surface area contributed by atoms with Crippen molar-refractivity contribution in [1.82, 2.24) is 0 Å². The standard InChI is InChI=1S/C16H21NO7/c1-5-24-16(19)15(10(2)18)12(9-17(20)21)11-6-7-13(22-3)14(8-11)23-4/h6-8,12,15H,5,9H2,1-4H3. The van der Waals surface area contributed by atoms with Crippen LogP contribution >= 0.6 is 0 Å². The van der Waals surface area contributed by atoms with E-state index in [1.54, 1.807) is 19.1 Å². The molecule has 0 saturated carbocycles. The lowest BCUT2D eigenvalue weighted by Crippen LogP contribution is -2.34. The molecule has 0 aliphatic rings. The minimum absolute atomic E-state index is 0.0831. The number of nitro groups is 1. The summed E-state index contributed by atoms with van der Waals surface area (Å²) in [5.41, 5.74) is 0.428. The number of hydrogen-bond acceptors (Lipinski definition) is 7. The summed E-state index contributed by atoms with van der Waals surface area (Å²) in [4.78, 5) is 34.6. The number of methoxy groups -OCH3 is 2. The summed E-state index contributed by atoms with van der Waals surface area (Å²) in [7, 11) is 2.89. The van der Waals surface area contributed by atoms with Gasteiger partial charge in [-0.25, -0.2) is 0 Å². The van der Waals surface area contributed by atoms with Gasteiger partial charge in [-0.3, -0.25) is 19.7 Å². The Balaban J connectivity index is 3.36. The Hall–Kier alpha value is -2.64. The second-order valence-corrected chi connectivity index (χ2v) is 5.08. The normalized spacial score (nSPS) is 12.8. The summed E-state index contributed by atoms with van der Waals surface area (Å²) in [5.74, 6) is -2.68. The molecule has 8 nitrogen and oxygen atoms in total. The molecule has 24 heavy (non-hydrogen) atoms. The zero-order valence-electron chi connectivity index (χ0n) is 14.1. The fourth-order valence-corrected chi connectivity index (χ4v) is 2.49. The number of benzene rings is 1. The molecule has 0 spiro atoms. The molecule has 8 heteroatoms. The molecule has 0 saturated heterocycles.